The predicted molar refractivity (Wildman–Crippen MR) is 107 cm³/mol. The van der Waals surface area contributed by atoms with Crippen LogP contribution in [0.25, 0.3) is 0 Å². The summed E-state index contributed by atoms with van der Waals surface area (Å²) in [6.07, 6.45) is 4.37. The summed E-state index contributed by atoms with van der Waals surface area (Å²) < 4.78 is 5.81. The number of hydrogen-bond donors (Lipinski definition) is 0. The third kappa shape index (κ3) is 3.87. The van der Waals surface area contributed by atoms with Gasteiger partial charge in [0.2, 0.25) is 5.91 Å². The molecule has 2 atom stereocenters. The highest BCUT2D eigenvalue weighted by Gasteiger charge is 2.42. The number of carbonyl (C=O) groups is 2. The van der Waals surface area contributed by atoms with Crippen LogP contribution in [0.3, 0.4) is 0 Å². The van der Waals surface area contributed by atoms with E-state index in [9.17, 15) is 9.59 Å². The van der Waals surface area contributed by atoms with Gasteiger partial charge in [0.05, 0.1) is 6.04 Å². The number of aromatic nitrogens is 2. The second-order valence-electron chi connectivity index (χ2n) is 7.77. The second-order valence-corrected chi connectivity index (χ2v) is 7.77. The molecule has 0 unspecified atom stereocenters. The zero-order valence-electron chi connectivity index (χ0n) is 16.8. The summed E-state index contributed by atoms with van der Waals surface area (Å²) in [7, 11) is 1.75. The molecule has 152 valence electrons. The van der Waals surface area contributed by atoms with Crippen LogP contribution < -0.4 is 0 Å². The normalized spacial score (nSPS) is 23.3. The van der Waals surface area contributed by atoms with Crippen molar-refractivity contribution in [3.05, 3.63) is 59.7 Å². The summed E-state index contributed by atoms with van der Waals surface area (Å²) in [5, 5.41) is 0. The number of likely N-dealkylation sites (N-methyl/N-ethyl adjacent to an activating group) is 1. The van der Waals surface area contributed by atoms with Gasteiger partial charge in [-0.15, -0.1) is 0 Å². The molecule has 0 aliphatic carbocycles. The Morgan fingerprint density at radius 3 is 2.62 bits per heavy atom. The van der Waals surface area contributed by atoms with E-state index in [1.165, 1.54) is 0 Å². The van der Waals surface area contributed by atoms with Gasteiger partial charge in [0.15, 0.2) is 6.10 Å². The third-order valence-corrected chi connectivity index (χ3v) is 6.06. The fourth-order valence-corrected chi connectivity index (χ4v) is 4.33. The van der Waals surface area contributed by atoms with E-state index in [1.54, 1.807) is 24.5 Å². The Kier molecular flexibility index (Phi) is 5.58. The average molecular weight is 394 g/mol. The molecule has 0 bridgehead atoms. The van der Waals surface area contributed by atoms with E-state index in [1.807, 2.05) is 42.2 Å². The first-order chi connectivity index (χ1) is 14.1. The van der Waals surface area contributed by atoms with Gasteiger partial charge >= 0.3 is 0 Å². The number of amides is 2. The third-order valence-electron chi connectivity index (χ3n) is 6.06. The van der Waals surface area contributed by atoms with Gasteiger partial charge in [-0.2, -0.15) is 0 Å². The van der Waals surface area contributed by atoms with Crippen molar-refractivity contribution < 1.29 is 14.3 Å². The van der Waals surface area contributed by atoms with E-state index in [-0.39, 0.29) is 18.4 Å². The lowest BCUT2D eigenvalue weighted by Gasteiger charge is -2.42. The van der Waals surface area contributed by atoms with Crippen LogP contribution in [0.1, 0.15) is 41.6 Å². The minimum absolute atomic E-state index is 0.0428. The molecule has 3 heterocycles. The number of likely N-dealkylation sites (tertiary alicyclic amines) is 1. The SMILES string of the molecule is Cc1ccccc1[C@@H]1[C@@H](C(=O)N2CCC(c3ccncn3)CC2)OCC(=O)N1C. The molecule has 2 fully saturated rings. The van der Waals surface area contributed by atoms with Crippen LogP contribution >= 0.6 is 0 Å². The number of carbonyl (C=O) groups excluding carboxylic acids is 2. The van der Waals surface area contributed by atoms with Gasteiger partial charge in [0.25, 0.3) is 5.91 Å². The molecule has 2 aromatic rings. The number of benzene rings is 1. The van der Waals surface area contributed by atoms with Crippen LogP contribution in [0, 0.1) is 6.92 Å². The smallest absolute Gasteiger partial charge is 0.254 e. The van der Waals surface area contributed by atoms with E-state index in [0.29, 0.717) is 19.0 Å². The fourth-order valence-electron chi connectivity index (χ4n) is 4.33. The summed E-state index contributed by atoms with van der Waals surface area (Å²) in [6, 6.07) is 9.39. The number of ether oxygens (including phenoxy) is 1. The highest BCUT2D eigenvalue weighted by atomic mass is 16.5. The molecule has 0 N–H and O–H groups in total. The van der Waals surface area contributed by atoms with Crippen LogP contribution in [-0.2, 0) is 14.3 Å². The Labute approximate surface area is 170 Å². The molecule has 2 aliphatic rings. The van der Waals surface area contributed by atoms with Crippen molar-refractivity contribution in [3.8, 4) is 0 Å². The molecular formula is C22H26N4O3. The minimum atomic E-state index is -0.686. The van der Waals surface area contributed by atoms with Gasteiger partial charge in [0.1, 0.15) is 12.9 Å². The van der Waals surface area contributed by atoms with Crippen LogP contribution in [-0.4, -0.2) is 64.4 Å². The van der Waals surface area contributed by atoms with Gasteiger partial charge in [-0.3, -0.25) is 9.59 Å². The van der Waals surface area contributed by atoms with Crippen molar-refractivity contribution in [1.82, 2.24) is 19.8 Å². The van der Waals surface area contributed by atoms with E-state index in [0.717, 1.165) is 29.7 Å². The van der Waals surface area contributed by atoms with Crippen molar-refractivity contribution in [2.75, 3.05) is 26.7 Å². The van der Waals surface area contributed by atoms with Crippen LogP contribution in [0.4, 0.5) is 0 Å². The predicted octanol–water partition coefficient (Wildman–Crippen LogP) is 2.09. The maximum absolute atomic E-state index is 13.4. The average Bonchev–Trinajstić information content (AvgIpc) is 2.76. The zero-order chi connectivity index (χ0) is 20.4. The first kappa shape index (κ1) is 19.5. The standard InChI is InChI=1S/C22H26N4O3/c1-15-5-3-4-6-17(15)20-21(29-13-19(27)25(20)2)22(28)26-11-8-16(9-12-26)18-7-10-23-14-24-18/h3-7,10,14,16,20-21H,8-9,11-13H2,1-2H3/t20-,21+/m1/s1. The maximum atomic E-state index is 13.4. The largest absolute Gasteiger partial charge is 0.356 e. The number of aryl methyl sites for hydroxylation is 1. The van der Waals surface area contributed by atoms with Crippen LogP contribution in [0.5, 0.6) is 0 Å². The van der Waals surface area contributed by atoms with Gasteiger partial charge < -0.3 is 14.5 Å². The number of nitrogens with zero attached hydrogens (tertiary/aromatic N) is 4. The molecule has 0 saturated carbocycles. The lowest BCUT2D eigenvalue weighted by Crippen LogP contribution is -2.55. The van der Waals surface area contributed by atoms with Crippen LogP contribution in [0.2, 0.25) is 0 Å². The number of morpholine rings is 1. The Balaban J connectivity index is 1.51. The van der Waals surface area contributed by atoms with Gasteiger partial charge in [-0.1, -0.05) is 24.3 Å². The van der Waals surface area contributed by atoms with Crippen molar-refractivity contribution >= 4 is 11.8 Å². The van der Waals surface area contributed by atoms with E-state index < -0.39 is 12.1 Å². The summed E-state index contributed by atoms with van der Waals surface area (Å²) in [4.78, 5) is 37.5. The van der Waals surface area contributed by atoms with Crippen molar-refractivity contribution in [2.45, 2.75) is 37.8 Å². The van der Waals surface area contributed by atoms with Gasteiger partial charge in [0, 0.05) is 37.9 Å². The van der Waals surface area contributed by atoms with Crippen molar-refractivity contribution in [3.63, 3.8) is 0 Å². The molecule has 2 saturated heterocycles. The maximum Gasteiger partial charge on any atom is 0.254 e. The molecule has 4 rings (SSSR count). The quantitative estimate of drug-likeness (QED) is 0.797. The van der Waals surface area contributed by atoms with Crippen LogP contribution in [0.15, 0.2) is 42.9 Å². The lowest BCUT2D eigenvalue weighted by atomic mass is 9.91. The molecule has 2 aliphatic heterocycles. The van der Waals surface area contributed by atoms with Crippen molar-refractivity contribution in [1.29, 1.82) is 0 Å². The number of rotatable bonds is 3. The Hall–Kier alpha value is -2.80. The second kappa shape index (κ2) is 8.29. The zero-order valence-corrected chi connectivity index (χ0v) is 16.8. The van der Waals surface area contributed by atoms with Gasteiger partial charge in [-0.05, 0) is 37.0 Å². The molecule has 1 aromatic carbocycles. The fraction of sp³-hybridized carbons (Fsp3) is 0.455. The summed E-state index contributed by atoms with van der Waals surface area (Å²) in [5.74, 6) is 0.189. The summed E-state index contributed by atoms with van der Waals surface area (Å²) in [5.41, 5.74) is 3.03. The molecular weight excluding hydrogens is 368 g/mol. The van der Waals surface area contributed by atoms with E-state index in [2.05, 4.69) is 9.97 Å². The summed E-state index contributed by atoms with van der Waals surface area (Å²) >= 11 is 0. The minimum Gasteiger partial charge on any atom is -0.356 e. The first-order valence-electron chi connectivity index (χ1n) is 10.0. The Morgan fingerprint density at radius 1 is 1.17 bits per heavy atom. The number of hydrogen-bond acceptors (Lipinski definition) is 5. The van der Waals surface area contributed by atoms with E-state index >= 15 is 0 Å². The molecule has 0 radical (unpaired) electrons. The van der Waals surface area contributed by atoms with E-state index in [4.69, 9.17) is 4.74 Å². The monoisotopic (exact) mass is 394 g/mol. The lowest BCUT2D eigenvalue weighted by molar-refractivity contribution is -0.168. The molecule has 0 spiro atoms. The van der Waals surface area contributed by atoms with Gasteiger partial charge in [-0.25, -0.2) is 9.97 Å². The summed E-state index contributed by atoms with van der Waals surface area (Å²) in [6.45, 7) is 3.25. The molecule has 2 amide bonds. The molecule has 7 nitrogen and oxygen atoms in total. The highest BCUT2D eigenvalue weighted by Crippen LogP contribution is 2.33. The molecule has 29 heavy (non-hydrogen) atoms. The Morgan fingerprint density at radius 2 is 1.93 bits per heavy atom. The highest BCUT2D eigenvalue weighted by molar-refractivity contribution is 5.86. The topological polar surface area (TPSA) is 75.6 Å². The Bertz CT molecular complexity index is 881. The molecule has 7 heteroatoms. The number of piperidine rings is 1. The first-order valence-corrected chi connectivity index (χ1v) is 10.0. The van der Waals surface area contributed by atoms with Crippen molar-refractivity contribution in [2.24, 2.45) is 0 Å². The molecule has 1 aromatic heterocycles.